The van der Waals surface area contributed by atoms with Gasteiger partial charge in [-0.05, 0) is 61.1 Å². The summed E-state index contributed by atoms with van der Waals surface area (Å²) >= 11 is 7.37. The lowest BCUT2D eigenvalue weighted by atomic mass is 10.7. The molecule has 0 heterocycles. The van der Waals surface area contributed by atoms with Gasteiger partial charge in [-0.3, -0.25) is 0 Å². The molecule has 0 spiro atoms. The van der Waals surface area contributed by atoms with Crippen LogP contribution in [0.3, 0.4) is 0 Å². The number of hydrogen-bond donors (Lipinski definition) is 1. The van der Waals surface area contributed by atoms with Crippen LogP contribution in [0.25, 0.3) is 0 Å². The van der Waals surface area contributed by atoms with Crippen molar-refractivity contribution in [2.45, 2.75) is 0 Å². The molecule has 0 bridgehead atoms. The molecule has 0 aliphatic carbocycles. The molecule has 0 amide bonds. The fourth-order valence-corrected chi connectivity index (χ4v) is 0.356. The third-order valence-corrected chi connectivity index (χ3v) is 4.13. The molecule has 0 saturated heterocycles. The van der Waals surface area contributed by atoms with Crippen molar-refractivity contribution in [1.29, 1.82) is 0 Å². The van der Waals surface area contributed by atoms with Crippen LogP contribution in [-0.4, -0.2) is 11.7 Å². The van der Waals surface area contributed by atoms with Crippen molar-refractivity contribution < 1.29 is 5.11 Å². The Balaban J connectivity index is 3.72. The van der Waals surface area contributed by atoms with E-state index in [1.807, 2.05) is 0 Å². The average molecular weight is 389 g/mol. The molecule has 0 aliphatic heterocycles. The minimum atomic E-state index is 0.129. The van der Waals surface area contributed by atoms with E-state index in [0.29, 0.717) is 0 Å². The molecule has 0 fully saturated rings. The van der Waals surface area contributed by atoms with Crippen molar-refractivity contribution >= 4 is 61.1 Å². The van der Waals surface area contributed by atoms with E-state index in [0.717, 1.165) is 6.07 Å². The van der Waals surface area contributed by atoms with Gasteiger partial charge in [-0.25, -0.2) is 0 Å². The molecule has 42 valence electrons. The molecule has 0 aromatic rings. The van der Waals surface area contributed by atoms with E-state index in [9.17, 15) is 0 Å². The summed E-state index contributed by atoms with van der Waals surface area (Å²) in [6.45, 7) is 0.129. The molecule has 0 aliphatic rings. The summed E-state index contributed by atoms with van der Waals surface area (Å²) in [5.41, 5.74) is 0. The third kappa shape index (κ3) is 4.16. The smallest absolute Gasteiger partial charge is 0.0754 e. The summed E-state index contributed by atoms with van der Waals surface area (Å²) in [7, 11) is 0. The zero-order chi connectivity index (χ0) is 5.86. The normalized spacial score (nSPS) is 13.7. The van der Waals surface area contributed by atoms with E-state index in [-0.39, 0.29) is 6.61 Å². The highest BCUT2D eigenvalue weighted by molar-refractivity contribution is 14.1. The molecule has 1 N–H and O–H groups in total. The second kappa shape index (κ2) is 4.51. The fraction of sp³-hybridized carbons (Fsp3) is 0.333. The van der Waals surface area contributed by atoms with Crippen LogP contribution in [0.5, 0.6) is 0 Å². The number of halogens is 3. The quantitative estimate of drug-likeness (QED) is 0.684. The van der Waals surface area contributed by atoms with Gasteiger partial charge < -0.3 is 5.11 Å². The maximum Gasteiger partial charge on any atom is 0.0754 e. The van der Waals surface area contributed by atoms with Crippen LogP contribution in [0.1, 0.15) is 0 Å². The first-order chi connectivity index (χ1) is 3.18. The van der Waals surface area contributed by atoms with Crippen LogP contribution >= 0.6 is 61.1 Å². The van der Waals surface area contributed by atoms with Gasteiger partial charge in [-0.1, -0.05) is 0 Å². The SMILES string of the molecule is OC/C(I)=C(\Br)I. The van der Waals surface area contributed by atoms with Gasteiger partial charge in [0.25, 0.3) is 0 Å². The molecule has 0 unspecified atom stereocenters. The van der Waals surface area contributed by atoms with Gasteiger partial charge in [0.2, 0.25) is 0 Å². The Hall–Kier alpha value is 1.64. The van der Waals surface area contributed by atoms with Crippen molar-refractivity contribution in [1.82, 2.24) is 0 Å². The van der Waals surface area contributed by atoms with Crippen LogP contribution in [0.2, 0.25) is 0 Å². The van der Waals surface area contributed by atoms with Crippen LogP contribution in [0.15, 0.2) is 6.07 Å². The van der Waals surface area contributed by atoms with Gasteiger partial charge in [0, 0.05) is 3.58 Å². The minimum absolute atomic E-state index is 0.129. The molecule has 0 radical (unpaired) electrons. The zero-order valence-electron chi connectivity index (χ0n) is 3.29. The summed E-state index contributed by atoms with van der Waals surface area (Å²) in [4.78, 5) is 0. The lowest BCUT2D eigenvalue weighted by molar-refractivity contribution is 0.341. The largest absolute Gasteiger partial charge is 0.391 e. The van der Waals surface area contributed by atoms with E-state index in [2.05, 4.69) is 61.1 Å². The molecule has 0 atom stereocenters. The topological polar surface area (TPSA) is 20.2 Å². The molecular formula is C3H3BrI2O. The van der Waals surface area contributed by atoms with Gasteiger partial charge in [0.05, 0.1) is 9.10 Å². The molecular weight excluding hydrogens is 386 g/mol. The van der Waals surface area contributed by atoms with E-state index in [4.69, 9.17) is 5.11 Å². The first-order valence-electron chi connectivity index (χ1n) is 1.49. The lowest BCUT2D eigenvalue weighted by Crippen LogP contribution is -1.77. The van der Waals surface area contributed by atoms with Crippen LogP contribution < -0.4 is 0 Å². The van der Waals surface area contributed by atoms with E-state index in [1.54, 1.807) is 0 Å². The van der Waals surface area contributed by atoms with Gasteiger partial charge in [0.15, 0.2) is 0 Å². The highest BCUT2D eigenvalue weighted by atomic mass is 127. The van der Waals surface area contributed by atoms with Crippen molar-refractivity contribution in [3.05, 3.63) is 6.07 Å². The second-order valence-corrected chi connectivity index (χ2v) is 5.48. The summed E-state index contributed by atoms with van der Waals surface area (Å²) in [6, 6.07) is 0. The predicted octanol–water partition coefficient (Wildman–Crippen LogP) is 2.41. The molecule has 0 aromatic carbocycles. The molecule has 1 nitrogen and oxygen atoms in total. The number of aliphatic hydroxyl groups is 1. The highest BCUT2D eigenvalue weighted by Gasteiger charge is 1.90. The fourth-order valence-electron chi connectivity index (χ4n) is 0.0598. The van der Waals surface area contributed by atoms with Crippen LogP contribution in [0, 0.1) is 0 Å². The Morgan fingerprint density at radius 1 is 1.57 bits per heavy atom. The number of hydrogen-bond acceptors (Lipinski definition) is 1. The Labute approximate surface area is 78.0 Å². The number of aliphatic hydroxyl groups excluding tert-OH is 1. The molecule has 7 heavy (non-hydrogen) atoms. The molecule has 0 aromatic heterocycles. The van der Waals surface area contributed by atoms with E-state index < -0.39 is 0 Å². The number of rotatable bonds is 1. The highest BCUT2D eigenvalue weighted by Crippen LogP contribution is 2.23. The van der Waals surface area contributed by atoms with Crippen LogP contribution in [0.4, 0.5) is 0 Å². The van der Waals surface area contributed by atoms with Crippen molar-refractivity contribution in [2.24, 2.45) is 0 Å². The van der Waals surface area contributed by atoms with Gasteiger partial charge in [0.1, 0.15) is 0 Å². The van der Waals surface area contributed by atoms with Gasteiger partial charge in [-0.2, -0.15) is 0 Å². The second-order valence-electron chi connectivity index (χ2n) is 0.823. The van der Waals surface area contributed by atoms with Crippen LogP contribution in [-0.2, 0) is 0 Å². The average Bonchev–Trinajstić information content (AvgIpc) is 1.65. The summed E-state index contributed by atoms with van der Waals surface area (Å²) in [5, 5.41) is 8.41. The summed E-state index contributed by atoms with van der Waals surface area (Å²) < 4.78 is 1.92. The van der Waals surface area contributed by atoms with Gasteiger partial charge in [-0.15, -0.1) is 0 Å². The zero-order valence-corrected chi connectivity index (χ0v) is 9.19. The summed E-state index contributed by atoms with van der Waals surface area (Å²) in [6.07, 6.45) is 0. The predicted molar refractivity (Wildman–Crippen MR) is 51.1 cm³/mol. The van der Waals surface area contributed by atoms with Crippen molar-refractivity contribution in [3.8, 4) is 0 Å². The third-order valence-electron chi connectivity index (χ3n) is 0.344. The monoisotopic (exact) mass is 388 g/mol. The standard InChI is InChI=1S/C3H3BrI2O/c4-3(6)2(5)1-7/h7H,1H2/b3-2-. The Bertz CT molecular complexity index is 86.9. The van der Waals surface area contributed by atoms with Gasteiger partial charge >= 0.3 is 0 Å². The minimum Gasteiger partial charge on any atom is -0.391 e. The summed E-state index contributed by atoms with van der Waals surface area (Å²) in [5.74, 6) is 0. The maximum atomic E-state index is 8.41. The Morgan fingerprint density at radius 2 is 2.00 bits per heavy atom. The first kappa shape index (κ1) is 8.64. The molecule has 0 rings (SSSR count). The van der Waals surface area contributed by atoms with Crippen molar-refractivity contribution in [2.75, 3.05) is 6.61 Å². The van der Waals surface area contributed by atoms with Crippen molar-refractivity contribution in [3.63, 3.8) is 0 Å². The Kier molecular flexibility index (Phi) is 5.57. The van der Waals surface area contributed by atoms with E-state index >= 15 is 0 Å². The molecule has 4 heteroatoms. The maximum absolute atomic E-state index is 8.41. The molecule has 0 saturated carbocycles. The Morgan fingerprint density at radius 3 is 2.00 bits per heavy atom. The van der Waals surface area contributed by atoms with E-state index in [1.165, 1.54) is 0 Å². The lowest BCUT2D eigenvalue weighted by Gasteiger charge is -1.88. The first-order valence-corrected chi connectivity index (χ1v) is 4.44.